The number of hydrogen-bond donors (Lipinski definition) is 0. The van der Waals surface area contributed by atoms with E-state index < -0.39 is 23.8 Å². The minimum atomic E-state index is -4.48. The molecule has 1 saturated carbocycles. The van der Waals surface area contributed by atoms with Gasteiger partial charge in [0.2, 0.25) is 12.2 Å². The van der Waals surface area contributed by atoms with E-state index in [-0.39, 0.29) is 11.3 Å². The van der Waals surface area contributed by atoms with Crippen LogP contribution in [0.4, 0.5) is 13.2 Å². The van der Waals surface area contributed by atoms with Crippen LogP contribution in [0.5, 0.6) is 0 Å². The molecule has 0 amide bonds. The van der Waals surface area contributed by atoms with Crippen LogP contribution < -0.4 is 0 Å². The maximum Gasteiger partial charge on any atom is 0.416 e. The number of benzene rings is 1. The Morgan fingerprint density at radius 1 is 1.23 bits per heavy atom. The van der Waals surface area contributed by atoms with Gasteiger partial charge in [0.15, 0.2) is 0 Å². The van der Waals surface area contributed by atoms with Gasteiger partial charge in [-0.1, -0.05) is 18.6 Å². The van der Waals surface area contributed by atoms with Crippen molar-refractivity contribution in [3.63, 3.8) is 0 Å². The molecule has 0 aromatic heterocycles. The summed E-state index contributed by atoms with van der Waals surface area (Å²) in [4.78, 5) is 12.1. The van der Waals surface area contributed by atoms with Gasteiger partial charge < -0.3 is 10.3 Å². The standard InChI is InChI=1S/C15H15F3N2O2/c16-15(17,18)11-5-3-4-10(8-11)14-9-19(21)12-6-1-2-7-13(12)20(14)22/h3-5,8-9,12-13H,1-2,6-7H2/t12-,13+/m1/s1. The molecule has 0 bridgehead atoms. The number of hydrogen-bond acceptors (Lipinski definition) is 3. The summed E-state index contributed by atoms with van der Waals surface area (Å²) >= 11 is 0. The van der Waals surface area contributed by atoms with Crippen LogP contribution in [0.3, 0.4) is 0 Å². The number of rotatable bonds is 1. The van der Waals surface area contributed by atoms with Crippen LogP contribution in [0.15, 0.2) is 30.5 Å². The molecule has 0 unspecified atom stereocenters. The van der Waals surface area contributed by atoms with Crippen LogP contribution in [-0.2, 0) is 6.18 Å². The molecule has 0 spiro atoms. The van der Waals surface area contributed by atoms with Crippen molar-refractivity contribution in [3.05, 3.63) is 51.7 Å². The first-order valence-corrected chi connectivity index (χ1v) is 7.19. The normalized spacial score (nSPS) is 25.7. The first kappa shape index (κ1) is 15.0. The molecule has 1 aliphatic carbocycles. The molecule has 1 aromatic rings. The highest BCUT2D eigenvalue weighted by Crippen LogP contribution is 2.36. The molecule has 3 rings (SSSR count). The summed E-state index contributed by atoms with van der Waals surface area (Å²) in [6.07, 6.45) is -0.398. The number of alkyl halides is 3. The fourth-order valence-corrected chi connectivity index (χ4v) is 3.17. The van der Waals surface area contributed by atoms with Crippen molar-refractivity contribution in [2.24, 2.45) is 0 Å². The Balaban J connectivity index is 1.99. The summed E-state index contributed by atoms with van der Waals surface area (Å²) in [5.74, 6) is 0. The summed E-state index contributed by atoms with van der Waals surface area (Å²) < 4.78 is 39.1. The lowest BCUT2D eigenvalue weighted by molar-refractivity contribution is -0.536. The maximum atomic E-state index is 12.8. The molecular weight excluding hydrogens is 297 g/mol. The first-order chi connectivity index (χ1) is 10.4. The second-order valence-electron chi connectivity index (χ2n) is 5.70. The summed E-state index contributed by atoms with van der Waals surface area (Å²) in [5.41, 5.74) is -0.707. The second-order valence-corrected chi connectivity index (χ2v) is 5.70. The van der Waals surface area contributed by atoms with Crippen LogP contribution in [0.25, 0.3) is 5.70 Å². The molecule has 22 heavy (non-hydrogen) atoms. The van der Waals surface area contributed by atoms with Gasteiger partial charge in [0.05, 0.1) is 11.6 Å². The largest absolute Gasteiger partial charge is 0.758 e. The number of nitrogens with zero attached hydrogens (tertiary/aromatic N) is 2. The summed E-state index contributed by atoms with van der Waals surface area (Å²) in [7, 11) is 0. The van der Waals surface area contributed by atoms with Crippen molar-refractivity contribution in [2.45, 2.75) is 43.9 Å². The van der Waals surface area contributed by atoms with Crippen molar-refractivity contribution < 1.29 is 17.9 Å². The molecule has 1 heterocycles. The van der Waals surface area contributed by atoms with Crippen molar-refractivity contribution >= 4 is 5.70 Å². The molecule has 2 aliphatic rings. The van der Waals surface area contributed by atoms with E-state index in [1.54, 1.807) is 0 Å². The average Bonchev–Trinajstić information content (AvgIpc) is 2.50. The Morgan fingerprint density at radius 2 is 1.95 bits per heavy atom. The molecular formula is C15H15F3N2O2. The topological polar surface area (TPSA) is 46.4 Å². The van der Waals surface area contributed by atoms with Crippen molar-refractivity contribution in [2.75, 3.05) is 0 Å². The fraction of sp³-hybridized carbons (Fsp3) is 0.467. The van der Waals surface area contributed by atoms with E-state index in [9.17, 15) is 23.3 Å². The molecule has 0 saturated heterocycles. The summed E-state index contributed by atoms with van der Waals surface area (Å²) in [5, 5.41) is 13.2. The highest BCUT2D eigenvalue weighted by Gasteiger charge is 2.42. The van der Waals surface area contributed by atoms with Crippen LogP contribution in [0.2, 0.25) is 0 Å². The Labute approximate surface area is 125 Å². The van der Waals surface area contributed by atoms with E-state index in [0.29, 0.717) is 17.9 Å². The van der Waals surface area contributed by atoms with Crippen molar-refractivity contribution in [1.29, 1.82) is 0 Å². The van der Waals surface area contributed by atoms with Gasteiger partial charge >= 0.3 is 6.18 Å². The van der Waals surface area contributed by atoms with Gasteiger partial charge in [0.1, 0.15) is 5.70 Å². The molecule has 1 aromatic carbocycles. The zero-order valence-electron chi connectivity index (χ0n) is 11.7. The molecule has 1 fully saturated rings. The van der Waals surface area contributed by atoms with Gasteiger partial charge in [-0.05, 0) is 25.0 Å². The minimum absolute atomic E-state index is 0.00394. The number of halogens is 3. The van der Waals surface area contributed by atoms with Crippen LogP contribution >= 0.6 is 0 Å². The van der Waals surface area contributed by atoms with E-state index in [4.69, 9.17) is 0 Å². The summed E-state index contributed by atoms with van der Waals surface area (Å²) in [6, 6.07) is 3.63. The smallest absolute Gasteiger partial charge is 0.416 e. The van der Waals surface area contributed by atoms with E-state index in [1.165, 1.54) is 12.1 Å². The zero-order valence-corrected chi connectivity index (χ0v) is 11.7. The number of fused-ring (bicyclic) bond motifs is 1. The van der Waals surface area contributed by atoms with Crippen LogP contribution in [0.1, 0.15) is 36.8 Å². The van der Waals surface area contributed by atoms with E-state index >= 15 is 0 Å². The lowest BCUT2D eigenvalue weighted by atomic mass is 9.88. The number of hydroxylamine groups is 2. The molecule has 0 radical (unpaired) electrons. The first-order valence-electron chi connectivity index (χ1n) is 7.19. The van der Waals surface area contributed by atoms with Gasteiger partial charge in [0.25, 0.3) is 0 Å². The summed E-state index contributed by atoms with van der Waals surface area (Å²) in [6.45, 7) is 0. The molecule has 1 aliphatic heterocycles. The minimum Gasteiger partial charge on any atom is -0.758 e. The lowest BCUT2D eigenvalue weighted by Gasteiger charge is -2.44. The third-order valence-electron chi connectivity index (χ3n) is 4.29. The van der Waals surface area contributed by atoms with E-state index in [1.807, 2.05) is 0 Å². The fourth-order valence-electron chi connectivity index (χ4n) is 3.17. The molecule has 118 valence electrons. The zero-order chi connectivity index (χ0) is 15.9. The Bertz CT molecular complexity index is 627. The van der Waals surface area contributed by atoms with Gasteiger partial charge in [-0.15, -0.1) is 0 Å². The van der Waals surface area contributed by atoms with E-state index in [2.05, 4.69) is 0 Å². The van der Waals surface area contributed by atoms with E-state index in [0.717, 1.165) is 35.9 Å². The van der Waals surface area contributed by atoms with Gasteiger partial charge in [0, 0.05) is 21.7 Å². The Hall–Kier alpha value is -1.89. The lowest BCUT2D eigenvalue weighted by Crippen LogP contribution is -2.49. The maximum absolute atomic E-state index is 12.8. The van der Waals surface area contributed by atoms with Gasteiger partial charge in [-0.25, -0.2) is 0 Å². The third-order valence-corrected chi connectivity index (χ3v) is 4.29. The average molecular weight is 312 g/mol. The van der Waals surface area contributed by atoms with Crippen molar-refractivity contribution in [1.82, 2.24) is 5.06 Å². The Morgan fingerprint density at radius 3 is 2.68 bits per heavy atom. The predicted molar refractivity (Wildman–Crippen MR) is 74.3 cm³/mol. The van der Waals surface area contributed by atoms with Crippen molar-refractivity contribution in [3.8, 4) is 0 Å². The molecule has 7 heteroatoms. The van der Waals surface area contributed by atoms with Crippen LogP contribution in [0, 0.1) is 10.1 Å². The van der Waals surface area contributed by atoms with Crippen LogP contribution in [-0.4, -0.2) is 21.9 Å². The SMILES string of the molecule is O=[N+]1C=C(c2cccc(C(F)(F)F)c2)N([O-])[C@H]2CCCC[C@H]21. The molecule has 2 atom stereocenters. The highest BCUT2D eigenvalue weighted by atomic mass is 19.4. The Kier molecular flexibility index (Phi) is 3.68. The monoisotopic (exact) mass is 312 g/mol. The second kappa shape index (κ2) is 5.39. The van der Waals surface area contributed by atoms with Gasteiger partial charge in [-0.3, -0.25) is 0 Å². The molecule has 4 nitrogen and oxygen atoms in total. The molecule has 0 N–H and O–H groups in total. The third kappa shape index (κ3) is 2.61. The van der Waals surface area contributed by atoms with Gasteiger partial charge in [-0.2, -0.15) is 13.2 Å². The number of nitroso groups, excluding NO2 is 1. The predicted octanol–water partition coefficient (Wildman–Crippen LogP) is 3.91. The quantitative estimate of drug-likeness (QED) is 0.739. The highest BCUT2D eigenvalue weighted by molar-refractivity contribution is 5.65.